The molecule has 0 bridgehead atoms. The van der Waals surface area contributed by atoms with Crippen molar-refractivity contribution in [2.75, 3.05) is 32.2 Å². The summed E-state index contributed by atoms with van der Waals surface area (Å²) in [7, 11) is 3.21. The summed E-state index contributed by atoms with van der Waals surface area (Å²) in [5.74, 6) is 1.41. The maximum absolute atomic E-state index is 12.8. The van der Waals surface area contributed by atoms with Gasteiger partial charge in [-0.3, -0.25) is 9.59 Å². The molecule has 2 aromatic rings. The van der Waals surface area contributed by atoms with Crippen molar-refractivity contribution in [2.24, 2.45) is 5.92 Å². The molecule has 1 saturated heterocycles. The highest BCUT2D eigenvalue weighted by Gasteiger charge is 2.26. The van der Waals surface area contributed by atoms with Gasteiger partial charge in [-0.1, -0.05) is 6.07 Å². The normalized spacial score (nSPS) is 15.5. The molecule has 1 atom stereocenters. The standard InChI is InChI=1S/C23H28N2O4/c1-16(19-6-9-21(28-2)22(14-19)29-3)24-23(27)18-10-12-25(13-11-18)20-7-4-17(15-26)5-8-20/h4-9,14-16,18H,10-13H2,1-3H3,(H,24,27)/t16-/m1/s1. The van der Waals surface area contributed by atoms with E-state index in [2.05, 4.69) is 10.2 Å². The van der Waals surface area contributed by atoms with Gasteiger partial charge in [-0.2, -0.15) is 0 Å². The molecule has 1 aliphatic heterocycles. The van der Waals surface area contributed by atoms with E-state index in [0.29, 0.717) is 17.1 Å². The van der Waals surface area contributed by atoms with Crippen LogP contribution in [0.1, 0.15) is 41.7 Å². The molecular weight excluding hydrogens is 368 g/mol. The highest BCUT2D eigenvalue weighted by Crippen LogP contribution is 2.30. The molecule has 29 heavy (non-hydrogen) atoms. The summed E-state index contributed by atoms with van der Waals surface area (Å²) >= 11 is 0. The third-order valence-electron chi connectivity index (χ3n) is 5.53. The zero-order valence-corrected chi connectivity index (χ0v) is 17.2. The molecule has 1 N–H and O–H groups in total. The summed E-state index contributed by atoms with van der Waals surface area (Å²) in [6, 6.07) is 13.2. The van der Waals surface area contributed by atoms with Gasteiger partial charge in [-0.05, 0) is 61.7 Å². The van der Waals surface area contributed by atoms with Crippen molar-refractivity contribution in [2.45, 2.75) is 25.8 Å². The number of nitrogens with zero attached hydrogens (tertiary/aromatic N) is 1. The lowest BCUT2D eigenvalue weighted by molar-refractivity contribution is -0.126. The van der Waals surface area contributed by atoms with Gasteiger partial charge in [0.1, 0.15) is 6.29 Å². The Hall–Kier alpha value is -3.02. The lowest BCUT2D eigenvalue weighted by Crippen LogP contribution is -2.41. The summed E-state index contributed by atoms with van der Waals surface area (Å²) < 4.78 is 10.6. The van der Waals surface area contributed by atoms with E-state index in [4.69, 9.17) is 9.47 Å². The van der Waals surface area contributed by atoms with Crippen LogP contribution in [-0.4, -0.2) is 39.5 Å². The second-order valence-electron chi connectivity index (χ2n) is 7.32. The molecule has 3 rings (SSSR count). The van der Waals surface area contributed by atoms with Gasteiger partial charge in [0.05, 0.1) is 20.3 Å². The Bertz CT molecular complexity index is 842. The molecule has 1 amide bonds. The van der Waals surface area contributed by atoms with Gasteiger partial charge in [0.2, 0.25) is 5.91 Å². The number of hydrogen-bond acceptors (Lipinski definition) is 5. The zero-order chi connectivity index (χ0) is 20.8. The van der Waals surface area contributed by atoms with Crippen LogP contribution in [0.15, 0.2) is 42.5 Å². The largest absolute Gasteiger partial charge is 0.493 e. The first-order valence-electron chi connectivity index (χ1n) is 9.88. The fourth-order valence-corrected chi connectivity index (χ4v) is 3.70. The SMILES string of the molecule is COc1ccc([C@@H](C)NC(=O)C2CCN(c3ccc(C=O)cc3)CC2)cc1OC. The average Bonchev–Trinajstić information content (AvgIpc) is 2.78. The number of methoxy groups -OCH3 is 2. The van der Waals surface area contributed by atoms with E-state index in [0.717, 1.165) is 43.5 Å². The quantitative estimate of drug-likeness (QED) is 0.724. The van der Waals surface area contributed by atoms with Gasteiger partial charge in [-0.25, -0.2) is 0 Å². The van der Waals surface area contributed by atoms with Crippen molar-refractivity contribution in [3.63, 3.8) is 0 Å². The molecule has 1 fully saturated rings. The monoisotopic (exact) mass is 396 g/mol. The predicted molar refractivity (Wildman–Crippen MR) is 113 cm³/mol. The molecule has 0 radical (unpaired) electrons. The molecule has 154 valence electrons. The molecule has 1 heterocycles. The number of rotatable bonds is 7. The number of carbonyl (C=O) groups excluding carboxylic acids is 2. The van der Waals surface area contributed by atoms with Crippen LogP contribution in [0, 0.1) is 5.92 Å². The van der Waals surface area contributed by atoms with E-state index in [9.17, 15) is 9.59 Å². The van der Waals surface area contributed by atoms with E-state index in [1.54, 1.807) is 14.2 Å². The van der Waals surface area contributed by atoms with Gasteiger partial charge in [-0.15, -0.1) is 0 Å². The van der Waals surface area contributed by atoms with Crippen LogP contribution in [0.3, 0.4) is 0 Å². The Morgan fingerprint density at radius 2 is 1.72 bits per heavy atom. The van der Waals surface area contributed by atoms with E-state index >= 15 is 0 Å². The summed E-state index contributed by atoms with van der Waals surface area (Å²) in [6.07, 6.45) is 2.46. The number of anilines is 1. The lowest BCUT2D eigenvalue weighted by Gasteiger charge is -2.33. The molecule has 0 spiro atoms. The van der Waals surface area contributed by atoms with Crippen LogP contribution in [0.25, 0.3) is 0 Å². The first-order chi connectivity index (χ1) is 14.0. The summed E-state index contributed by atoms with van der Waals surface area (Å²) in [4.78, 5) is 25.8. The van der Waals surface area contributed by atoms with Gasteiger partial charge >= 0.3 is 0 Å². The molecule has 2 aromatic carbocycles. The predicted octanol–water partition coefficient (Wildman–Crippen LogP) is 3.61. The number of aldehydes is 1. The van der Waals surface area contributed by atoms with Gasteiger partial charge < -0.3 is 19.7 Å². The smallest absolute Gasteiger partial charge is 0.223 e. The molecule has 0 aromatic heterocycles. The molecule has 6 heteroatoms. The zero-order valence-electron chi connectivity index (χ0n) is 17.2. The van der Waals surface area contributed by atoms with Crippen molar-refractivity contribution < 1.29 is 19.1 Å². The lowest BCUT2D eigenvalue weighted by atomic mass is 9.94. The molecule has 6 nitrogen and oxygen atoms in total. The molecule has 0 aliphatic carbocycles. The number of nitrogens with one attached hydrogen (secondary N) is 1. The van der Waals surface area contributed by atoms with Crippen LogP contribution in [0.5, 0.6) is 11.5 Å². The minimum Gasteiger partial charge on any atom is -0.493 e. The van der Waals surface area contributed by atoms with Crippen LogP contribution in [0.4, 0.5) is 5.69 Å². The van der Waals surface area contributed by atoms with Crippen molar-refractivity contribution in [3.8, 4) is 11.5 Å². The molecule has 0 saturated carbocycles. The van der Waals surface area contributed by atoms with Gasteiger partial charge in [0.15, 0.2) is 11.5 Å². The number of piperidine rings is 1. The number of benzene rings is 2. The molecular formula is C23H28N2O4. The van der Waals surface area contributed by atoms with Crippen LogP contribution in [-0.2, 0) is 4.79 Å². The van der Waals surface area contributed by atoms with Crippen molar-refractivity contribution in [1.29, 1.82) is 0 Å². The van der Waals surface area contributed by atoms with Crippen molar-refractivity contribution >= 4 is 17.9 Å². The van der Waals surface area contributed by atoms with Crippen molar-refractivity contribution in [1.82, 2.24) is 5.32 Å². The summed E-state index contributed by atoms with van der Waals surface area (Å²) in [6.45, 7) is 3.62. The number of hydrogen-bond donors (Lipinski definition) is 1. The van der Waals surface area contributed by atoms with Crippen molar-refractivity contribution in [3.05, 3.63) is 53.6 Å². The van der Waals surface area contributed by atoms with Crippen LogP contribution in [0.2, 0.25) is 0 Å². The third-order valence-corrected chi connectivity index (χ3v) is 5.53. The Kier molecular flexibility index (Phi) is 6.75. The number of ether oxygens (including phenoxy) is 2. The minimum absolute atomic E-state index is 0.00286. The molecule has 1 aliphatic rings. The highest BCUT2D eigenvalue weighted by molar-refractivity contribution is 5.79. The second-order valence-corrected chi connectivity index (χ2v) is 7.32. The summed E-state index contributed by atoms with van der Waals surface area (Å²) in [5.41, 5.74) is 2.74. The van der Waals surface area contributed by atoms with E-state index < -0.39 is 0 Å². The first kappa shape index (κ1) is 20.7. The Morgan fingerprint density at radius 3 is 2.31 bits per heavy atom. The van der Waals surface area contributed by atoms with E-state index in [-0.39, 0.29) is 17.9 Å². The third kappa shape index (κ3) is 4.88. The Balaban J connectivity index is 1.55. The van der Waals surface area contributed by atoms with Gasteiger partial charge in [0, 0.05) is 30.3 Å². The first-order valence-corrected chi connectivity index (χ1v) is 9.88. The minimum atomic E-state index is -0.115. The Morgan fingerprint density at radius 1 is 1.07 bits per heavy atom. The maximum atomic E-state index is 12.8. The van der Waals surface area contributed by atoms with Crippen LogP contribution < -0.4 is 19.7 Å². The maximum Gasteiger partial charge on any atom is 0.223 e. The highest BCUT2D eigenvalue weighted by atomic mass is 16.5. The van der Waals surface area contributed by atoms with Crippen LogP contribution >= 0.6 is 0 Å². The van der Waals surface area contributed by atoms with E-state index in [1.807, 2.05) is 49.4 Å². The number of amides is 1. The average molecular weight is 396 g/mol. The Labute approximate surface area is 171 Å². The number of carbonyl (C=O) groups is 2. The second kappa shape index (κ2) is 9.45. The van der Waals surface area contributed by atoms with E-state index in [1.165, 1.54) is 0 Å². The fraction of sp³-hybridized carbons (Fsp3) is 0.391. The van der Waals surface area contributed by atoms with Gasteiger partial charge in [0.25, 0.3) is 0 Å². The fourth-order valence-electron chi connectivity index (χ4n) is 3.70. The summed E-state index contributed by atoms with van der Waals surface area (Å²) in [5, 5.41) is 3.13. The molecule has 0 unspecified atom stereocenters. The topological polar surface area (TPSA) is 67.9 Å².